The van der Waals surface area contributed by atoms with Crippen LogP contribution in [0.4, 0.5) is 0 Å². The predicted molar refractivity (Wildman–Crippen MR) is 71.5 cm³/mol. The predicted octanol–water partition coefficient (Wildman–Crippen LogP) is 1.55. The fraction of sp³-hybridized carbons (Fsp3) is 0.929. The van der Waals surface area contributed by atoms with Gasteiger partial charge in [-0.25, -0.2) is 4.79 Å². The number of rotatable bonds is 5. The largest absolute Gasteiger partial charge is 0.465 e. The summed E-state index contributed by atoms with van der Waals surface area (Å²) in [6.07, 6.45) is 5.57. The number of nitrogens with zero attached hydrogens (tertiary/aromatic N) is 1. The van der Waals surface area contributed by atoms with E-state index in [0.717, 1.165) is 38.9 Å². The topological polar surface area (TPSA) is 41.6 Å². The van der Waals surface area contributed by atoms with E-state index in [2.05, 4.69) is 17.1 Å². The Balaban J connectivity index is 2.16. The summed E-state index contributed by atoms with van der Waals surface area (Å²) in [5, 5.41) is 3.51. The SMILES string of the molecule is CCCNC1(C(=O)OCC)CCN2CCCCC21. The summed E-state index contributed by atoms with van der Waals surface area (Å²) in [5.74, 6) is -0.0344. The summed E-state index contributed by atoms with van der Waals surface area (Å²) in [6, 6.07) is 0.344. The number of piperidine rings is 1. The molecule has 2 fully saturated rings. The lowest BCUT2D eigenvalue weighted by atomic mass is 9.85. The van der Waals surface area contributed by atoms with E-state index < -0.39 is 5.54 Å². The highest BCUT2D eigenvalue weighted by Crippen LogP contribution is 2.36. The van der Waals surface area contributed by atoms with Crippen molar-refractivity contribution in [2.24, 2.45) is 0 Å². The maximum atomic E-state index is 12.4. The van der Waals surface area contributed by atoms with E-state index in [1.165, 1.54) is 12.8 Å². The Kier molecular flexibility index (Phi) is 4.62. The van der Waals surface area contributed by atoms with Crippen molar-refractivity contribution in [1.82, 2.24) is 10.2 Å². The van der Waals surface area contributed by atoms with E-state index in [-0.39, 0.29) is 5.97 Å². The number of nitrogens with one attached hydrogen (secondary N) is 1. The third-order valence-corrected chi connectivity index (χ3v) is 4.31. The van der Waals surface area contributed by atoms with Crippen LogP contribution in [-0.2, 0) is 9.53 Å². The Morgan fingerprint density at radius 3 is 2.94 bits per heavy atom. The van der Waals surface area contributed by atoms with Gasteiger partial charge in [-0.3, -0.25) is 4.90 Å². The van der Waals surface area contributed by atoms with Crippen LogP contribution < -0.4 is 5.32 Å². The lowest BCUT2D eigenvalue weighted by molar-refractivity contribution is -0.152. The molecule has 4 heteroatoms. The van der Waals surface area contributed by atoms with Gasteiger partial charge in [0.25, 0.3) is 0 Å². The Hall–Kier alpha value is -0.610. The van der Waals surface area contributed by atoms with Gasteiger partial charge >= 0.3 is 5.97 Å². The number of carbonyl (C=O) groups excluding carboxylic acids is 1. The summed E-state index contributed by atoms with van der Waals surface area (Å²) < 4.78 is 5.35. The smallest absolute Gasteiger partial charge is 0.328 e. The fourth-order valence-corrected chi connectivity index (χ4v) is 3.43. The molecular weight excluding hydrogens is 228 g/mol. The summed E-state index contributed by atoms with van der Waals surface area (Å²) in [6.45, 7) is 7.56. The van der Waals surface area contributed by atoms with Gasteiger partial charge in [0, 0.05) is 12.6 Å². The average Bonchev–Trinajstić information content (AvgIpc) is 2.77. The second-order valence-corrected chi connectivity index (χ2v) is 5.42. The third kappa shape index (κ3) is 2.41. The summed E-state index contributed by atoms with van der Waals surface area (Å²) in [7, 11) is 0. The van der Waals surface area contributed by atoms with Crippen LogP contribution in [-0.4, -0.2) is 48.7 Å². The number of ether oxygens (including phenoxy) is 1. The maximum absolute atomic E-state index is 12.4. The van der Waals surface area contributed by atoms with Gasteiger partial charge in [0.1, 0.15) is 5.54 Å². The molecule has 0 aromatic carbocycles. The van der Waals surface area contributed by atoms with Gasteiger partial charge in [0.05, 0.1) is 6.61 Å². The molecule has 1 N–H and O–H groups in total. The molecule has 2 aliphatic rings. The highest BCUT2D eigenvalue weighted by atomic mass is 16.5. The number of fused-ring (bicyclic) bond motifs is 1. The average molecular weight is 254 g/mol. The molecule has 0 amide bonds. The van der Waals surface area contributed by atoms with Crippen LogP contribution in [0.3, 0.4) is 0 Å². The van der Waals surface area contributed by atoms with Crippen LogP contribution in [0.15, 0.2) is 0 Å². The third-order valence-electron chi connectivity index (χ3n) is 4.31. The molecule has 0 bridgehead atoms. The van der Waals surface area contributed by atoms with Crippen LogP contribution in [0.25, 0.3) is 0 Å². The fourth-order valence-electron chi connectivity index (χ4n) is 3.43. The highest BCUT2D eigenvalue weighted by Gasteiger charge is 2.53. The molecule has 2 aliphatic heterocycles. The first kappa shape index (κ1) is 13.8. The molecule has 0 aliphatic carbocycles. The lowest BCUT2D eigenvalue weighted by Crippen LogP contribution is -2.61. The molecule has 2 rings (SSSR count). The van der Waals surface area contributed by atoms with Crippen molar-refractivity contribution in [3.8, 4) is 0 Å². The van der Waals surface area contributed by atoms with Crippen molar-refractivity contribution in [2.45, 2.75) is 57.5 Å². The molecule has 0 aromatic heterocycles. The molecule has 2 unspecified atom stereocenters. The van der Waals surface area contributed by atoms with Crippen LogP contribution in [0.5, 0.6) is 0 Å². The van der Waals surface area contributed by atoms with Crippen molar-refractivity contribution >= 4 is 5.97 Å². The van der Waals surface area contributed by atoms with Crippen LogP contribution in [0.1, 0.15) is 46.0 Å². The van der Waals surface area contributed by atoms with Crippen LogP contribution in [0.2, 0.25) is 0 Å². The summed E-state index contributed by atoms with van der Waals surface area (Å²) in [5.41, 5.74) is -0.438. The number of hydrogen-bond acceptors (Lipinski definition) is 4. The molecule has 0 aromatic rings. The minimum atomic E-state index is -0.438. The molecular formula is C14H26N2O2. The standard InChI is InChI=1S/C14H26N2O2/c1-3-9-15-14(13(17)18-4-2)8-11-16-10-6-5-7-12(14)16/h12,15H,3-11H2,1-2H3. The zero-order chi connectivity index (χ0) is 13.0. The zero-order valence-corrected chi connectivity index (χ0v) is 11.7. The van der Waals surface area contributed by atoms with Gasteiger partial charge in [-0.05, 0) is 45.7 Å². The first-order valence-electron chi connectivity index (χ1n) is 7.41. The summed E-state index contributed by atoms with van der Waals surface area (Å²) >= 11 is 0. The first-order valence-corrected chi connectivity index (χ1v) is 7.41. The Morgan fingerprint density at radius 2 is 2.22 bits per heavy atom. The lowest BCUT2D eigenvalue weighted by Gasteiger charge is -2.39. The Morgan fingerprint density at radius 1 is 1.39 bits per heavy atom. The van der Waals surface area contributed by atoms with Crippen molar-refractivity contribution in [3.05, 3.63) is 0 Å². The maximum Gasteiger partial charge on any atom is 0.328 e. The minimum absolute atomic E-state index is 0.0344. The highest BCUT2D eigenvalue weighted by molar-refractivity contribution is 5.82. The molecule has 104 valence electrons. The van der Waals surface area contributed by atoms with Crippen LogP contribution >= 0.6 is 0 Å². The number of carbonyl (C=O) groups is 1. The van der Waals surface area contributed by atoms with E-state index in [9.17, 15) is 4.79 Å². The molecule has 0 saturated carbocycles. The van der Waals surface area contributed by atoms with E-state index >= 15 is 0 Å². The van der Waals surface area contributed by atoms with Gasteiger partial charge in [0.15, 0.2) is 0 Å². The van der Waals surface area contributed by atoms with E-state index in [4.69, 9.17) is 4.74 Å². The van der Waals surface area contributed by atoms with Gasteiger partial charge in [0.2, 0.25) is 0 Å². The van der Waals surface area contributed by atoms with Gasteiger partial charge in [-0.15, -0.1) is 0 Å². The Labute approximate surface area is 110 Å². The quantitative estimate of drug-likeness (QED) is 0.756. The first-order chi connectivity index (χ1) is 8.74. The minimum Gasteiger partial charge on any atom is -0.465 e. The van der Waals surface area contributed by atoms with Crippen molar-refractivity contribution in [3.63, 3.8) is 0 Å². The molecule has 2 atom stereocenters. The molecule has 0 radical (unpaired) electrons. The molecule has 4 nitrogen and oxygen atoms in total. The second-order valence-electron chi connectivity index (χ2n) is 5.42. The van der Waals surface area contributed by atoms with E-state index in [1.54, 1.807) is 0 Å². The van der Waals surface area contributed by atoms with E-state index in [0.29, 0.717) is 12.6 Å². The van der Waals surface area contributed by atoms with Gasteiger partial charge < -0.3 is 10.1 Å². The zero-order valence-electron chi connectivity index (χ0n) is 11.7. The van der Waals surface area contributed by atoms with Crippen LogP contribution in [0, 0.1) is 0 Å². The van der Waals surface area contributed by atoms with Crippen molar-refractivity contribution < 1.29 is 9.53 Å². The van der Waals surface area contributed by atoms with Gasteiger partial charge in [-0.2, -0.15) is 0 Å². The van der Waals surface area contributed by atoms with Crippen molar-refractivity contribution in [1.29, 1.82) is 0 Å². The summed E-state index contributed by atoms with van der Waals surface area (Å²) in [4.78, 5) is 14.9. The van der Waals surface area contributed by atoms with Crippen molar-refractivity contribution in [2.75, 3.05) is 26.2 Å². The molecule has 0 spiro atoms. The normalized spacial score (nSPS) is 32.2. The number of esters is 1. The number of hydrogen-bond donors (Lipinski definition) is 1. The van der Waals surface area contributed by atoms with E-state index in [1.807, 2.05) is 6.92 Å². The molecule has 18 heavy (non-hydrogen) atoms. The molecule has 2 heterocycles. The monoisotopic (exact) mass is 254 g/mol. The Bertz CT molecular complexity index is 296. The molecule has 2 saturated heterocycles. The second kappa shape index (κ2) is 6.02. The van der Waals surface area contributed by atoms with Gasteiger partial charge in [-0.1, -0.05) is 13.3 Å².